The maximum atomic E-state index is 5.82. The number of aryl methyl sites for hydroxylation is 1. The summed E-state index contributed by atoms with van der Waals surface area (Å²) >= 11 is 0. The summed E-state index contributed by atoms with van der Waals surface area (Å²) in [4.78, 5) is 4.69. The number of guanidine groups is 1. The minimum atomic E-state index is 0. The van der Waals surface area contributed by atoms with E-state index in [0.717, 1.165) is 76.1 Å². The Morgan fingerprint density at radius 2 is 2.00 bits per heavy atom. The van der Waals surface area contributed by atoms with Gasteiger partial charge in [-0.2, -0.15) is 0 Å². The minimum Gasteiger partial charge on any atom is -0.494 e. The Hall–Kier alpha value is -1.06. The van der Waals surface area contributed by atoms with Crippen molar-refractivity contribution in [3.63, 3.8) is 0 Å². The highest BCUT2D eigenvalue weighted by Gasteiger charge is 2.13. The fourth-order valence-corrected chi connectivity index (χ4v) is 3.18. The van der Waals surface area contributed by atoms with Crippen molar-refractivity contribution >= 4 is 29.9 Å². The van der Waals surface area contributed by atoms with E-state index in [9.17, 15) is 0 Å². The molecule has 0 amide bonds. The highest BCUT2D eigenvalue weighted by molar-refractivity contribution is 14.0. The normalized spacial score (nSPS) is 14.9. The van der Waals surface area contributed by atoms with Gasteiger partial charge in [0, 0.05) is 39.5 Å². The number of ether oxygens (including phenoxy) is 3. The van der Waals surface area contributed by atoms with E-state index in [2.05, 4.69) is 36.6 Å². The van der Waals surface area contributed by atoms with Gasteiger partial charge in [-0.05, 0) is 63.1 Å². The molecule has 2 rings (SSSR count). The number of halogens is 1. The third-order valence-electron chi connectivity index (χ3n) is 4.76. The van der Waals surface area contributed by atoms with Crippen LogP contribution in [0.2, 0.25) is 0 Å². The number of nitrogens with zero attached hydrogens (tertiary/aromatic N) is 1. The van der Waals surface area contributed by atoms with Crippen molar-refractivity contribution in [2.75, 3.05) is 46.1 Å². The monoisotopic (exact) mass is 519 g/mol. The molecule has 29 heavy (non-hydrogen) atoms. The molecule has 1 aromatic rings. The van der Waals surface area contributed by atoms with Crippen LogP contribution in [0.3, 0.4) is 0 Å². The van der Waals surface area contributed by atoms with Gasteiger partial charge in [-0.15, -0.1) is 24.0 Å². The molecule has 7 heteroatoms. The Labute approximate surface area is 193 Å². The van der Waals surface area contributed by atoms with Crippen molar-refractivity contribution in [2.45, 2.75) is 46.6 Å². The third-order valence-corrected chi connectivity index (χ3v) is 4.76. The lowest BCUT2D eigenvalue weighted by Crippen LogP contribution is -2.38. The lowest BCUT2D eigenvalue weighted by molar-refractivity contribution is 0.0203. The van der Waals surface area contributed by atoms with Gasteiger partial charge >= 0.3 is 0 Å². The van der Waals surface area contributed by atoms with Gasteiger partial charge < -0.3 is 24.8 Å². The molecule has 1 fully saturated rings. The Bertz CT molecular complexity index is 593. The zero-order valence-corrected chi connectivity index (χ0v) is 20.5. The molecule has 1 aliphatic rings. The van der Waals surface area contributed by atoms with Crippen LogP contribution in [0.5, 0.6) is 5.75 Å². The predicted octanol–water partition coefficient (Wildman–Crippen LogP) is 3.90. The number of nitrogens with one attached hydrogen (secondary N) is 2. The molecular weight excluding hydrogens is 481 g/mol. The number of benzene rings is 1. The highest BCUT2D eigenvalue weighted by atomic mass is 127. The second-order valence-corrected chi connectivity index (χ2v) is 7.14. The van der Waals surface area contributed by atoms with E-state index in [4.69, 9.17) is 19.2 Å². The van der Waals surface area contributed by atoms with Gasteiger partial charge in [0.25, 0.3) is 0 Å². The second kappa shape index (κ2) is 15.7. The van der Waals surface area contributed by atoms with Crippen LogP contribution in [-0.2, 0) is 16.0 Å². The van der Waals surface area contributed by atoms with Crippen LogP contribution in [0.25, 0.3) is 0 Å². The first-order chi connectivity index (χ1) is 13.7. The molecule has 0 aromatic heterocycles. The largest absolute Gasteiger partial charge is 0.494 e. The number of aliphatic imine (C=N–C) groups is 1. The Morgan fingerprint density at radius 1 is 1.21 bits per heavy atom. The molecule has 0 saturated carbocycles. The van der Waals surface area contributed by atoms with Crippen molar-refractivity contribution in [3.8, 4) is 5.75 Å². The number of hydrogen-bond donors (Lipinski definition) is 2. The van der Waals surface area contributed by atoms with Gasteiger partial charge in [0.15, 0.2) is 5.96 Å². The average molecular weight is 519 g/mol. The molecule has 0 atom stereocenters. The highest BCUT2D eigenvalue weighted by Crippen LogP contribution is 2.19. The van der Waals surface area contributed by atoms with Crippen molar-refractivity contribution < 1.29 is 14.2 Å². The van der Waals surface area contributed by atoms with Crippen LogP contribution >= 0.6 is 24.0 Å². The SMILES string of the molecule is CCNC(=NCc1ccc(OCC)c(C)c1)NCCCOCC1CCOCC1.I. The summed E-state index contributed by atoms with van der Waals surface area (Å²) in [6.45, 7) is 12.6. The Balaban J connectivity index is 0.00000420. The molecule has 2 N–H and O–H groups in total. The quantitative estimate of drug-likeness (QED) is 0.201. The predicted molar refractivity (Wildman–Crippen MR) is 130 cm³/mol. The van der Waals surface area contributed by atoms with Crippen LogP contribution < -0.4 is 15.4 Å². The summed E-state index contributed by atoms with van der Waals surface area (Å²) in [7, 11) is 0. The zero-order chi connectivity index (χ0) is 20.0. The van der Waals surface area contributed by atoms with Gasteiger partial charge in [0.05, 0.1) is 13.2 Å². The first-order valence-electron chi connectivity index (χ1n) is 10.6. The van der Waals surface area contributed by atoms with E-state index >= 15 is 0 Å². The van der Waals surface area contributed by atoms with Gasteiger partial charge in [0.2, 0.25) is 0 Å². The molecule has 1 aromatic carbocycles. The summed E-state index contributed by atoms with van der Waals surface area (Å²) < 4.78 is 16.8. The Kier molecular flexibility index (Phi) is 14.1. The molecule has 0 bridgehead atoms. The summed E-state index contributed by atoms with van der Waals surface area (Å²) in [5, 5.41) is 6.69. The maximum absolute atomic E-state index is 5.82. The molecule has 0 spiro atoms. The van der Waals surface area contributed by atoms with Crippen molar-refractivity contribution in [1.29, 1.82) is 0 Å². The lowest BCUT2D eigenvalue weighted by atomic mass is 10.0. The molecule has 0 radical (unpaired) electrons. The van der Waals surface area contributed by atoms with Crippen LogP contribution in [0.15, 0.2) is 23.2 Å². The zero-order valence-electron chi connectivity index (χ0n) is 18.2. The second-order valence-electron chi connectivity index (χ2n) is 7.14. The average Bonchev–Trinajstić information content (AvgIpc) is 2.71. The molecule has 0 aliphatic carbocycles. The molecule has 1 heterocycles. The Morgan fingerprint density at radius 3 is 2.69 bits per heavy atom. The van der Waals surface area contributed by atoms with E-state index in [1.165, 1.54) is 5.56 Å². The van der Waals surface area contributed by atoms with Crippen molar-refractivity contribution in [2.24, 2.45) is 10.9 Å². The summed E-state index contributed by atoms with van der Waals surface area (Å²) in [5.41, 5.74) is 2.33. The number of hydrogen-bond acceptors (Lipinski definition) is 4. The van der Waals surface area contributed by atoms with Crippen molar-refractivity contribution in [1.82, 2.24) is 10.6 Å². The van der Waals surface area contributed by atoms with E-state index in [1.807, 2.05) is 13.0 Å². The van der Waals surface area contributed by atoms with E-state index in [1.54, 1.807) is 0 Å². The van der Waals surface area contributed by atoms with E-state index < -0.39 is 0 Å². The van der Waals surface area contributed by atoms with Crippen LogP contribution in [-0.4, -0.2) is 52.1 Å². The molecule has 1 aliphatic heterocycles. The molecule has 6 nitrogen and oxygen atoms in total. The van der Waals surface area contributed by atoms with Crippen LogP contribution in [0, 0.1) is 12.8 Å². The third kappa shape index (κ3) is 10.5. The fraction of sp³-hybridized carbons (Fsp3) is 0.682. The smallest absolute Gasteiger partial charge is 0.191 e. The van der Waals surface area contributed by atoms with E-state index in [-0.39, 0.29) is 24.0 Å². The fourth-order valence-electron chi connectivity index (χ4n) is 3.18. The van der Waals surface area contributed by atoms with Crippen LogP contribution in [0.1, 0.15) is 44.2 Å². The molecule has 0 unspecified atom stereocenters. The summed E-state index contributed by atoms with van der Waals surface area (Å²) in [6, 6.07) is 6.25. The van der Waals surface area contributed by atoms with Gasteiger partial charge in [-0.3, -0.25) is 0 Å². The lowest BCUT2D eigenvalue weighted by Gasteiger charge is -2.21. The van der Waals surface area contributed by atoms with Gasteiger partial charge in [-0.1, -0.05) is 12.1 Å². The van der Waals surface area contributed by atoms with E-state index in [0.29, 0.717) is 19.1 Å². The molecular formula is C22H38IN3O3. The standard InChI is InChI=1S/C22H37N3O3.HI/c1-4-23-22(24-11-6-12-27-17-19-9-13-26-14-10-19)25-16-20-7-8-21(28-5-2)18(3)15-20;/h7-8,15,19H,4-6,9-14,16-17H2,1-3H3,(H2,23,24,25);1H. The molecule has 166 valence electrons. The molecule has 1 saturated heterocycles. The van der Waals surface area contributed by atoms with Gasteiger partial charge in [0.1, 0.15) is 5.75 Å². The van der Waals surface area contributed by atoms with Crippen LogP contribution in [0.4, 0.5) is 0 Å². The number of rotatable bonds is 11. The minimum absolute atomic E-state index is 0. The first-order valence-corrected chi connectivity index (χ1v) is 10.6. The first kappa shape index (κ1) is 26.0. The maximum Gasteiger partial charge on any atom is 0.191 e. The van der Waals surface area contributed by atoms with Crippen molar-refractivity contribution in [3.05, 3.63) is 29.3 Å². The summed E-state index contributed by atoms with van der Waals surface area (Å²) in [6.07, 6.45) is 3.22. The summed E-state index contributed by atoms with van der Waals surface area (Å²) in [5.74, 6) is 2.46. The van der Waals surface area contributed by atoms with Gasteiger partial charge in [-0.25, -0.2) is 4.99 Å². The topological polar surface area (TPSA) is 64.1 Å².